The zero-order valence-corrected chi connectivity index (χ0v) is 13.6. The number of methoxy groups -OCH3 is 1. The Morgan fingerprint density at radius 1 is 1.13 bits per heavy atom. The number of rotatable bonds is 7. The van der Waals surface area contributed by atoms with Crippen molar-refractivity contribution >= 4 is 29.3 Å². The number of benzene rings is 2. The molecule has 0 saturated heterocycles. The highest BCUT2D eigenvalue weighted by Crippen LogP contribution is 2.18. The average molecular weight is 330 g/mol. The van der Waals surface area contributed by atoms with Crippen molar-refractivity contribution in [3.05, 3.63) is 59.7 Å². The molecule has 2 aromatic carbocycles. The third-order valence-corrected chi connectivity index (χ3v) is 4.13. The zero-order valence-electron chi connectivity index (χ0n) is 12.7. The van der Waals surface area contributed by atoms with Gasteiger partial charge in [-0.05, 0) is 29.8 Å². The Kier molecular flexibility index (Phi) is 6.05. The van der Waals surface area contributed by atoms with Crippen molar-refractivity contribution in [1.82, 2.24) is 0 Å². The molecule has 0 fully saturated rings. The molecule has 23 heavy (non-hydrogen) atoms. The second-order valence-corrected chi connectivity index (χ2v) is 5.78. The lowest BCUT2D eigenvalue weighted by molar-refractivity contribution is -0.113. The van der Waals surface area contributed by atoms with Gasteiger partial charge in [0, 0.05) is 5.75 Å². The SMILES string of the molecule is COc1ccc(CSCC(=O)Nc2ccccc2C(N)=O)cc1. The maximum absolute atomic E-state index is 12.0. The molecule has 0 heterocycles. The summed E-state index contributed by atoms with van der Waals surface area (Å²) in [5, 5.41) is 2.72. The van der Waals surface area contributed by atoms with Crippen molar-refractivity contribution in [3.8, 4) is 5.75 Å². The maximum atomic E-state index is 12.0. The monoisotopic (exact) mass is 330 g/mol. The van der Waals surface area contributed by atoms with Crippen molar-refractivity contribution < 1.29 is 14.3 Å². The van der Waals surface area contributed by atoms with Crippen LogP contribution in [-0.4, -0.2) is 24.7 Å². The largest absolute Gasteiger partial charge is 0.497 e. The molecule has 0 aromatic heterocycles. The van der Waals surface area contributed by atoms with E-state index in [9.17, 15) is 9.59 Å². The fourth-order valence-corrected chi connectivity index (χ4v) is 2.76. The number of anilines is 1. The van der Waals surface area contributed by atoms with Gasteiger partial charge in [-0.3, -0.25) is 9.59 Å². The molecule has 0 aliphatic rings. The Morgan fingerprint density at radius 2 is 1.83 bits per heavy atom. The van der Waals surface area contributed by atoms with Crippen LogP contribution in [-0.2, 0) is 10.5 Å². The van der Waals surface area contributed by atoms with Gasteiger partial charge < -0.3 is 15.8 Å². The zero-order chi connectivity index (χ0) is 16.7. The average Bonchev–Trinajstić information content (AvgIpc) is 2.56. The number of thioether (sulfide) groups is 1. The highest BCUT2D eigenvalue weighted by atomic mass is 32.2. The molecule has 2 rings (SSSR count). The molecule has 2 amide bonds. The molecular formula is C17H18N2O3S. The van der Waals surface area contributed by atoms with Crippen LogP contribution < -0.4 is 15.8 Å². The molecular weight excluding hydrogens is 312 g/mol. The van der Waals surface area contributed by atoms with E-state index in [-0.39, 0.29) is 5.91 Å². The first kappa shape index (κ1) is 16.9. The van der Waals surface area contributed by atoms with Gasteiger partial charge in [-0.1, -0.05) is 24.3 Å². The minimum Gasteiger partial charge on any atom is -0.497 e. The van der Waals surface area contributed by atoms with Crippen LogP contribution in [0.4, 0.5) is 5.69 Å². The Hall–Kier alpha value is -2.47. The normalized spacial score (nSPS) is 10.1. The summed E-state index contributed by atoms with van der Waals surface area (Å²) in [6, 6.07) is 14.4. The molecule has 0 spiro atoms. The number of carbonyl (C=O) groups excluding carboxylic acids is 2. The standard InChI is InChI=1S/C17H18N2O3S/c1-22-13-8-6-12(7-9-13)10-23-11-16(20)19-15-5-3-2-4-14(15)17(18)21/h2-9H,10-11H2,1H3,(H2,18,21)(H,19,20). The maximum Gasteiger partial charge on any atom is 0.250 e. The van der Waals surface area contributed by atoms with Crippen LogP contribution in [0.1, 0.15) is 15.9 Å². The molecule has 120 valence electrons. The Morgan fingerprint density at radius 3 is 2.48 bits per heavy atom. The number of para-hydroxylation sites is 1. The van der Waals surface area contributed by atoms with E-state index in [1.54, 1.807) is 31.4 Å². The smallest absolute Gasteiger partial charge is 0.250 e. The van der Waals surface area contributed by atoms with E-state index in [0.29, 0.717) is 17.0 Å². The first-order valence-electron chi connectivity index (χ1n) is 6.99. The number of hydrogen-bond acceptors (Lipinski definition) is 4. The van der Waals surface area contributed by atoms with Crippen molar-refractivity contribution in [2.75, 3.05) is 18.2 Å². The molecule has 5 nitrogen and oxygen atoms in total. The number of primary amides is 1. The lowest BCUT2D eigenvalue weighted by Crippen LogP contribution is -2.19. The van der Waals surface area contributed by atoms with Crippen LogP contribution in [0.15, 0.2) is 48.5 Å². The molecule has 0 radical (unpaired) electrons. The van der Waals surface area contributed by atoms with Gasteiger partial charge in [0.15, 0.2) is 0 Å². The van der Waals surface area contributed by atoms with Crippen LogP contribution in [0, 0.1) is 0 Å². The van der Waals surface area contributed by atoms with Crippen LogP contribution in [0.3, 0.4) is 0 Å². The van der Waals surface area contributed by atoms with Crippen LogP contribution >= 0.6 is 11.8 Å². The number of nitrogens with one attached hydrogen (secondary N) is 1. The second-order valence-electron chi connectivity index (χ2n) is 4.80. The number of carbonyl (C=O) groups is 2. The molecule has 3 N–H and O–H groups in total. The Bertz CT molecular complexity index is 686. The van der Waals surface area contributed by atoms with Crippen LogP contribution in [0.25, 0.3) is 0 Å². The van der Waals surface area contributed by atoms with Gasteiger partial charge in [0.25, 0.3) is 5.91 Å². The first-order valence-corrected chi connectivity index (χ1v) is 8.15. The lowest BCUT2D eigenvalue weighted by atomic mass is 10.1. The molecule has 6 heteroatoms. The summed E-state index contributed by atoms with van der Waals surface area (Å²) >= 11 is 1.49. The summed E-state index contributed by atoms with van der Waals surface area (Å²) < 4.78 is 5.10. The predicted molar refractivity (Wildman–Crippen MR) is 92.7 cm³/mol. The number of hydrogen-bond donors (Lipinski definition) is 2. The predicted octanol–water partition coefficient (Wildman–Crippen LogP) is 2.67. The lowest BCUT2D eigenvalue weighted by Gasteiger charge is -2.08. The van der Waals surface area contributed by atoms with Crippen LogP contribution in [0.5, 0.6) is 5.75 Å². The Balaban J connectivity index is 1.84. The van der Waals surface area contributed by atoms with E-state index in [1.807, 2.05) is 24.3 Å². The topological polar surface area (TPSA) is 81.4 Å². The minimum absolute atomic E-state index is 0.169. The number of nitrogens with two attached hydrogens (primary N) is 1. The summed E-state index contributed by atoms with van der Waals surface area (Å²) in [4.78, 5) is 23.3. The van der Waals surface area contributed by atoms with Crippen molar-refractivity contribution in [3.63, 3.8) is 0 Å². The first-order chi connectivity index (χ1) is 11.1. The van der Waals surface area contributed by atoms with Gasteiger partial charge in [-0.25, -0.2) is 0 Å². The fraction of sp³-hybridized carbons (Fsp3) is 0.176. The Labute approximate surface area is 139 Å². The molecule has 0 unspecified atom stereocenters. The molecule has 0 aliphatic carbocycles. The van der Waals surface area contributed by atoms with Gasteiger partial charge in [0.2, 0.25) is 5.91 Å². The van der Waals surface area contributed by atoms with Crippen molar-refractivity contribution in [2.45, 2.75) is 5.75 Å². The highest BCUT2D eigenvalue weighted by Gasteiger charge is 2.10. The fourth-order valence-electron chi connectivity index (χ4n) is 1.98. The third kappa shape index (κ3) is 5.03. The molecule has 0 bridgehead atoms. The highest BCUT2D eigenvalue weighted by molar-refractivity contribution is 7.99. The van der Waals surface area contributed by atoms with Gasteiger partial charge in [0.05, 0.1) is 24.1 Å². The minimum atomic E-state index is -0.563. The van der Waals surface area contributed by atoms with E-state index >= 15 is 0 Å². The van der Waals surface area contributed by atoms with Gasteiger partial charge in [0.1, 0.15) is 5.75 Å². The van der Waals surface area contributed by atoms with Crippen LogP contribution in [0.2, 0.25) is 0 Å². The van der Waals surface area contributed by atoms with E-state index in [2.05, 4.69) is 5.32 Å². The van der Waals surface area contributed by atoms with E-state index in [1.165, 1.54) is 11.8 Å². The van der Waals surface area contributed by atoms with Gasteiger partial charge >= 0.3 is 0 Å². The number of ether oxygens (including phenoxy) is 1. The van der Waals surface area contributed by atoms with Crippen molar-refractivity contribution in [2.24, 2.45) is 5.73 Å². The summed E-state index contributed by atoms with van der Waals surface area (Å²) in [5.41, 5.74) is 7.14. The summed E-state index contributed by atoms with van der Waals surface area (Å²) in [6.07, 6.45) is 0. The molecule has 0 saturated carbocycles. The summed E-state index contributed by atoms with van der Waals surface area (Å²) in [6.45, 7) is 0. The molecule has 0 atom stereocenters. The van der Waals surface area contributed by atoms with Crippen molar-refractivity contribution in [1.29, 1.82) is 0 Å². The van der Waals surface area contributed by atoms with E-state index in [4.69, 9.17) is 10.5 Å². The van der Waals surface area contributed by atoms with Gasteiger partial charge in [-0.15, -0.1) is 11.8 Å². The number of amides is 2. The summed E-state index contributed by atoms with van der Waals surface area (Å²) in [5.74, 6) is 1.08. The second kappa shape index (κ2) is 8.24. The third-order valence-electron chi connectivity index (χ3n) is 3.13. The van der Waals surface area contributed by atoms with E-state index < -0.39 is 5.91 Å². The molecule has 0 aliphatic heterocycles. The summed E-state index contributed by atoms with van der Waals surface area (Å²) in [7, 11) is 1.62. The van der Waals surface area contributed by atoms with Gasteiger partial charge in [-0.2, -0.15) is 0 Å². The molecule has 2 aromatic rings. The quantitative estimate of drug-likeness (QED) is 0.818. The van der Waals surface area contributed by atoms with E-state index in [0.717, 1.165) is 17.1 Å².